The smallest absolute Gasteiger partial charge is 0.307 e. The number of ether oxygens (including phenoxy) is 2. The van der Waals surface area contributed by atoms with Crippen molar-refractivity contribution >= 4 is 29.4 Å². The number of rotatable bonds is 11. The molecule has 43 heavy (non-hydrogen) atoms. The first kappa shape index (κ1) is 29.8. The molecule has 2 aliphatic rings. The summed E-state index contributed by atoms with van der Waals surface area (Å²) in [5.74, 6) is -0.974. The molecule has 3 amide bonds. The maximum Gasteiger partial charge on any atom is 0.307 e. The summed E-state index contributed by atoms with van der Waals surface area (Å²) in [7, 11) is 0. The number of esters is 1. The molecule has 0 radical (unpaired) electrons. The van der Waals surface area contributed by atoms with E-state index in [1.165, 1.54) is 4.90 Å². The lowest BCUT2D eigenvalue weighted by atomic mass is 9.91. The van der Waals surface area contributed by atoms with E-state index in [9.17, 15) is 24.3 Å². The highest BCUT2D eigenvalue weighted by atomic mass is 16.5. The number of fused-ring (bicyclic) bond motifs is 3. The number of nitrogens with zero attached hydrogens (tertiary/aromatic N) is 2. The number of aliphatic hydroxyl groups excluding tert-OH is 1. The number of hydrogen-bond acceptors (Lipinski definition) is 7. The molecule has 1 unspecified atom stereocenters. The van der Waals surface area contributed by atoms with Crippen molar-refractivity contribution in [3.63, 3.8) is 0 Å². The molecule has 3 atom stereocenters. The number of benzene rings is 3. The quantitative estimate of drug-likeness (QED) is 0.262. The normalized spacial score (nSPS) is 18.9. The van der Waals surface area contributed by atoms with Crippen molar-refractivity contribution in [1.29, 1.82) is 0 Å². The molecule has 0 aromatic heterocycles. The molecule has 3 aromatic carbocycles. The van der Waals surface area contributed by atoms with Crippen molar-refractivity contribution in [2.24, 2.45) is 0 Å². The van der Waals surface area contributed by atoms with Crippen LogP contribution in [0.5, 0.6) is 5.75 Å². The van der Waals surface area contributed by atoms with Gasteiger partial charge in [0.1, 0.15) is 12.3 Å². The van der Waals surface area contributed by atoms with Gasteiger partial charge in [0.15, 0.2) is 0 Å². The van der Waals surface area contributed by atoms with E-state index in [-0.39, 0.29) is 56.9 Å². The zero-order valence-electron chi connectivity index (χ0n) is 24.0. The van der Waals surface area contributed by atoms with Crippen LogP contribution in [-0.4, -0.2) is 72.1 Å². The summed E-state index contributed by atoms with van der Waals surface area (Å²) < 4.78 is 11.1. The van der Waals surface area contributed by atoms with E-state index in [0.717, 1.165) is 5.56 Å². The van der Waals surface area contributed by atoms with Crippen LogP contribution >= 0.6 is 0 Å². The Labute approximate surface area is 250 Å². The van der Waals surface area contributed by atoms with E-state index in [1.807, 2.05) is 36.4 Å². The maximum atomic E-state index is 13.8. The Balaban J connectivity index is 1.55. The van der Waals surface area contributed by atoms with Crippen LogP contribution < -0.4 is 15.0 Å². The van der Waals surface area contributed by atoms with Gasteiger partial charge in [0.05, 0.1) is 44.2 Å². The predicted octanol–water partition coefficient (Wildman–Crippen LogP) is 3.04. The van der Waals surface area contributed by atoms with Gasteiger partial charge in [-0.1, -0.05) is 48.5 Å². The number of nitrogens with one attached hydrogen (secondary N) is 1. The average Bonchev–Trinajstić information content (AvgIpc) is 3.33. The van der Waals surface area contributed by atoms with Crippen LogP contribution in [0.25, 0.3) is 0 Å². The molecule has 1 saturated heterocycles. The monoisotopic (exact) mass is 585 g/mol. The highest BCUT2D eigenvalue weighted by Crippen LogP contribution is 2.46. The molecular weight excluding hydrogens is 550 g/mol. The number of piperazine rings is 1. The molecule has 224 valence electrons. The zero-order valence-corrected chi connectivity index (χ0v) is 24.0. The summed E-state index contributed by atoms with van der Waals surface area (Å²) >= 11 is 0. The third-order valence-corrected chi connectivity index (χ3v) is 7.70. The summed E-state index contributed by atoms with van der Waals surface area (Å²) in [5.41, 5.74) is 2.42. The van der Waals surface area contributed by atoms with E-state index < -0.39 is 24.1 Å². The molecule has 2 aliphatic heterocycles. The van der Waals surface area contributed by atoms with Crippen LogP contribution in [0.2, 0.25) is 0 Å². The fourth-order valence-corrected chi connectivity index (χ4v) is 5.80. The van der Waals surface area contributed by atoms with Gasteiger partial charge in [-0.25, -0.2) is 0 Å². The molecule has 10 nitrogen and oxygen atoms in total. The van der Waals surface area contributed by atoms with Crippen molar-refractivity contribution < 1.29 is 33.8 Å². The van der Waals surface area contributed by atoms with Crippen molar-refractivity contribution in [1.82, 2.24) is 10.2 Å². The van der Waals surface area contributed by atoms with Crippen LogP contribution in [-0.2, 0) is 25.5 Å². The first-order valence-electron chi connectivity index (χ1n) is 14.5. The molecule has 5 rings (SSSR count). The van der Waals surface area contributed by atoms with Gasteiger partial charge in [0.25, 0.3) is 5.91 Å². The lowest BCUT2D eigenvalue weighted by Gasteiger charge is -2.45. The van der Waals surface area contributed by atoms with Gasteiger partial charge in [0, 0.05) is 29.8 Å². The molecule has 0 saturated carbocycles. The van der Waals surface area contributed by atoms with Crippen LogP contribution in [0.1, 0.15) is 47.3 Å². The standard InChI is InChI=1S/C33H35N3O7/c1-2-42-30(40)20-27-32-31(34-33(41)23-12-7-4-8-13-23)25-19-24(43-17-9-16-37)14-15-26(25)36(32)29(39)21-35(27)28(38)18-22-10-5-3-6-11-22/h3-8,10-15,19,27,31-32,37H,2,9,16-18,20-21H2,1H3,(H,34,41)/t27?,31-,32+/m0/s1. The highest BCUT2D eigenvalue weighted by Gasteiger charge is 2.53. The predicted molar refractivity (Wildman–Crippen MR) is 158 cm³/mol. The van der Waals surface area contributed by atoms with Gasteiger partial charge in [-0.15, -0.1) is 0 Å². The molecule has 0 spiro atoms. The van der Waals surface area contributed by atoms with Gasteiger partial charge in [-0.2, -0.15) is 0 Å². The maximum absolute atomic E-state index is 13.8. The number of carbonyl (C=O) groups excluding carboxylic acids is 4. The Morgan fingerprint density at radius 1 is 1.00 bits per heavy atom. The van der Waals surface area contributed by atoms with Crippen LogP contribution in [0.3, 0.4) is 0 Å². The number of anilines is 1. The van der Waals surface area contributed by atoms with Gasteiger partial charge in [0.2, 0.25) is 11.8 Å². The molecule has 2 heterocycles. The second-order valence-corrected chi connectivity index (χ2v) is 10.5. The highest BCUT2D eigenvalue weighted by molar-refractivity contribution is 6.03. The second kappa shape index (κ2) is 13.5. The lowest BCUT2D eigenvalue weighted by Crippen LogP contribution is -2.65. The van der Waals surface area contributed by atoms with E-state index >= 15 is 0 Å². The summed E-state index contributed by atoms with van der Waals surface area (Å²) in [6.07, 6.45) is 0.337. The molecule has 0 bridgehead atoms. The molecule has 10 heteroatoms. The van der Waals surface area contributed by atoms with Crippen LogP contribution in [0, 0.1) is 0 Å². The first-order valence-corrected chi connectivity index (χ1v) is 14.5. The fourth-order valence-electron chi connectivity index (χ4n) is 5.80. The van der Waals surface area contributed by atoms with Gasteiger partial charge >= 0.3 is 5.97 Å². The lowest BCUT2D eigenvalue weighted by molar-refractivity contribution is -0.149. The van der Waals surface area contributed by atoms with Gasteiger partial charge in [-0.3, -0.25) is 19.2 Å². The Morgan fingerprint density at radius 2 is 1.72 bits per heavy atom. The molecular formula is C33H35N3O7. The minimum atomic E-state index is -0.778. The van der Waals surface area contributed by atoms with Crippen molar-refractivity contribution in [2.75, 3.05) is 31.3 Å². The fraction of sp³-hybridized carbons (Fsp3) is 0.333. The summed E-state index contributed by atoms with van der Waals surface area (Å²) in [6.45, 7) is 1.92. The Bertz CT molecular complexity index is 1460. The Kier molecular flexibility index (Phi) is 9.36. The molecule has 0 aliphatic carbocycles. The molecule has 2 N–H and O–H groups in total. The summed E-state index contributed by atoms with van der Waals surface area (Å²) in [4.78, 5) is 57.1. The second-order valence-electron chi connectivity index (χ2n) is 10.5. The topological polar surface area (TPSA) is 125 Å². The van der Waals surface area contributed by atoms with E-state index in [0.29, 0.717) is 29.0 Å². The van der Waals surface area contributed by atoms with E-state index in [2.05, 4.69) is 5.32 Å². The van der Waals surface area contributed by atoms with Crippen LogP contribution in [0.4, 0.5) is 5.69 Å². The SMILES string of the molecule is CCOC(=O)CC1[C@@H]2[C@@H](NC(=O)c3ccccc3)c3cc(OCCCO)ccc3N2C(=O)CN1C(=O)Cc1ccccc1. The van der Waals surface area contributed by atoms with Gasteiger partial charge < -0.3 is 29.7 Å². The van der Waals surface area contributed by atoms with E-state index in [1.54, 1.807) is 54.3 Å². The number of hydrogen-bond donors (Lipinski definition) is 2. The van der Waals surface area contributed by atoms with E-state index in [4.69, 9.17) is 9.47 Å². The first-order chi connectivity index (χ1) is 20.9. The minimum Gasteiger partial charge on any atom is -0.493 e. The average molecular weight is 586 g/mol. The summed E-state index contributed by atoms with van der Waals surface area (Å²) in [6, 6.07) is 20.9. The van der Waals surface area contributed by atoms with Crippen molar-refractivity contribution in [3.8, 4) is 5.75 Å². The third-order valence-electron chi connectivity index (χ3n) is 7.70. The largest absolute Gasteiger partial charge is 0.493 e. The molecule has 3 aromatic rings. The zero-order chi connectivity index (χ0) is 30.3. The minimum absolute atomic E-state index is 0.0204. The summed E-state index contributed by atoms with van der Waals surface area (Å²) in [5, 5.41) is 12.3. The number of aliphatic hydroxyl groups is 1. The Morgan fingerprint density at radius 3 is 2.42 bits per heavy atom. The van der Waals surface area contributed by atoms with Crippen molar-refractivity contribution in [3.05, 3.63) is 95.6 Å². The Hall–Kier alpha value is -4.70. The number of amides is 3. The number of carbonyl (C=O) groups is 4. The van der Waals surface area contributed by atoms with Crippen molar-refractivity contribution in [2.45, 2.75) is 44.3 Å². The molecule has 1 fully saturated rings. The third kappa shape index (κ3) is 6.54. The van der Waals surface area contributed by atoms with Crippen LogP contribution in [0.15, 0.2) is 78.9 Å². The van der Waals surface area contributed by atoms with Gasteiger partial charge in [-0.05, 0) is 42.8 Å².